The van der Waals surface area contributed by atoms with Crippen LogP contribution in [-0.2, 0) is 21.4 Å². The monoisotopic (exact) mass is 430 g/mol. The summed E-state index contributed by atoms with van der Waals surface area (Å²) >= 11 is 0. The molecule has 10 heteroatoms. The lowest BCUT2D eigenvalue weighted by Gasteiger charge is -2.18. The van der Waals surface area contributed by atoms with Crippen LogP contribution in [0.15, 0.2) is 41.4 Å². The van der Waals surface area contributed by atoms with E-state index in [0.717, 1.165) is 11.1 Å². The van der Waals surface area contributed by atoms with E-state index in [1.165, 1.54) is 4.31 Å². The summed E-state index contributed by atoms with van der Waals surface area (Å²) in [5.41, 5.74) is 2.27. The van der Waals surface area contributed by atoms with Crippen molar-refractivity contribution in [3.8, 4) is 0 Å². The van der Waals surface area contributed by atoms with Crippen LogP contribution in [-0.4, -0.2) is 51.7 Å². The number of aryl methyl sites for hydroxylation is 2. The fraction of sp³-hybridized carbons (Fsp3) is 0.400. The van der Waals surface area contributed by atoms with Gasteiger partial charge in [0.25, 0.3) is 0 Å². The fourth-order valence-electron chi connectivity index (χ4n) is 3.13. The van der Waals surface area contributed by atoms with Gasteiger partial charge in [0.15, 0.2) is 0 Å². The Bertz CT molecular complexity index is 1120. The number of nitrogens with one attached hydrogen (secondary N) is 1. The Kier molecular flexibility index (Phi) is 6.78. The molecule has 2 aromatic heterocycles. The summed E-state index contributed by atoms with van der Waals surface area (Å²) in [5, 5.41) is 11.0. The second kappa shape index (κ2) is 9.31. The molecule has 3 rings (SSSR count). The molecule has 0 aliphatic heterocycles. The zero-order valence-corrected chi connectivity index (χ0v) is 18.2. The normalized spacial score (nSPS) is 11.9. The van der Waals surface area contributed by atoms with E-state index in [1.807, 2.05) is 13.0 Å². The second-order valence-electron chi connectivity index (χ2n) is 6.92. The van der Waals surface area contributed by atoms with E-state index >= 15 is 0 Å². The molecule has 9 nitrogen and oxygen atoms in total. The first kappa shape index (κ1) is 21.8. The Morgan fingerprint density at radius 1 is 1.17 bits per heavy atom. The van der Waals surface area contributed by atoms with E-state index in [-0.39, 0.29) is 10.8 Å². The molecule has 0 atom stereocenters. The maximum absolute atomic E-state index is 12.7. The SMILES string of the molecule is CCN(CC)S(=O)(=O)c1ccc2c(c1)nnn2CCCC(=O)Nc1ccc(C)cn1. The lowest BCUT2D eigenvalue weighted by Crippen LogP contribution is -2.30. The first-order chi connectivity index (χ1) is 14.3. The number of fused-ring (bicyclic) bond motifs is 1. The van der Waals surface area contributed by atoms with Crippen molar-refractivity contribution in [3.05, 3.63) is 42.1 Å². The van der Waals surface area contributed by atoms with E-state index < -0.39 is 10.0 Å². The minimum absolute atomic E-state index is 0.122. The molecular formula is C20H26N6O3S. The number of nitrogens with zero attached hydrogens (tertiary/aromatic N) is 5. The number of rotatable bonds is 9. The van der Waals surface area contributed by atoms with Crippen molar-refractivity contribution >= 4 is 32.8 Å². The largest absolute Gasteiger partial charge is 0.311 e. The van der Waals surface area contributed by atoms with Crippen LogP contribution in [0.1, 0.15) is 32.3 Å². The zero-order valence-electron chi connectivity index (χ0n) is 17.4. The molecule has 0 unspecified atom stereocenters. The molecule has 3 aromatic rings. The van der Waals surface area contributed by atoms with Crippen LogP contribution in [0.4, 0.5) is 5.82 Å². The summed E-state index contributed by atoms with van der Waals surface area (Å²) in [6.45, 7) is 6.85. The molecule has 0 aliphatic rings. The van der Waals surface area contributed by atoms with Gasteiger partial charge in [-0.2, -0.15) is 4.31 Å². The summed E-state index contributed by atoms with van der Waals surface area (Å²) in [7, 11) is -3.55. The Morgan fingerprint density at radius 2 is 1.93 bits per heavy atom. The summed E-state index contributed by atoms with van der Waals surface area (Å²) in [5.74, 6) is 0.405. The van der Waals surface area contributed by atoms with Crippen LogP contribution in [0.5, 0.6) is 0 Å². The molecule has 0 bridgehead atoms. The highest BCUT2D eigenvalue weighted by atomic mass is 32.2. The molecule has 1 amide bonds. The molecule has 0 fully saturated rings. The number of amides is 1. The lowest BCUT2D eigenvalue weighted by atomic mass is 10.2. The Morgan fingerprint density at radius 3 is 2.60 bits per heavy atom. The molecule has 1 aromatic carbocycles. The van der Waals surface area contributed by atoms with Gasteiger partial charge in [-0.3, -0.25) is 4.79 Å². The summed E-state index contributed by atoms with van der Waals surface area (Å²) < 4.78 is 28.4. The quantitative estimate of drug-likeness (QED) is 0.559. The predicted octanol–water partition coefficient (Wildman–Crippen LogP) is 2.58. The maximum atomic E-state index is 12.7. The molecule has 30 heavy (non-hydrogen) atoms. The highest BCUT2D eigenvalue weighted by molar-refractivity contribution is 7.89. The standard InChI is InChI=1S/C20H26N6O3S/c1-4-25(5-2)30(28,29)16-9-10-18-17(13-16)23-24-26(18)12-6-7-20(27)22-19-11-8-15(3)14-21-19/h8-11,13-14H,4-7,12H2,1-3H3,(H,21,22,27). The van der Waals surface area contributed by atoms with Crippen molar-refractivity contribution in [2.45, 2.75) is 45.1 Å². The highest BCUT2D eigenvalue weighted by Crippen LogP contribution is 2.21. The van der Waals surface area contributed by atoms with Gasteiger partial charge in [0.05, 0.1) is 10.4 Å². The molecule has 0 radical (unpaired) electrons. The number of hydrogen-bond acceptors (Lipinski definition) is 6. The minimum atomic E-state index is -3.55. The van der Waals surface area contributed by atoms with E-state index in [9.17, 15) is 13.2 Å². The number of carbonyl (C=O) groups excluding carboxylic acids is 1. The molecule has 2 heterocycles. The third-order valence-electron chi connectivity index (χ3n) is 4.78. The molecule has 0 spiro atoms. The Hall–Kier alpha value is -2.85. The third kappa shape index (κ3) is 4.82. The van der Waals surface area contributed by atoms with Gasteiger partial charge in [-0.1, -0.05) is 25.1 Å². The van der Waals surface area contributed by atoms with Crippen molar-refractivity contribution in [3.63, 3.8) is 0 Å². The van der Waals surface area contributed by atoms with Crippen LogP contribution in [0.2, 0.25) is 0 Å². The average molecular weight is 431 g/mol. The molecule has 1 N–H and O–H groups in total. The summed E-state index contributed by atoms with van der Waals surface area (Å²) in [6, 6.07) is 8.48. The number of aromatic nitrogens is 4. The first-order valence-corrected chi connectivity index (χ1v) is 11.3. The number of sulfonamides is 1. The first-order valence-electron chi connectivity index (χ1n) is 9.91. The van der Waals surface area contributed by atoms with Crippen LogP contribution in [0.25, 0.3) is 11.0 Å². The van der Waals surface area contributed by atoms with Crippen molar-refractivity contribution < 1.29 is 13.2 Å². The summed E-state index contributed by atoms with van der Waals surface area (Å²) in [4.78, 5) is 16.5. The topological polar surface area (TPSA) is 110 Å². The summed E-state index contributed by atoms with van der Waals surface area (Å²) in [6.07, 6.45) is 2.58. The van der Waals surface area contributed by atoms with Crippen LogP contribution < -0.4 is 5.32 Å². The second-order valence-corrected chi connectivity index (χ2v) is 8.86. The van der Waals surface area contributed by atoms with Gasteiger partial charge in [0, 0.05) is 32.3 Å². The average Bonchev–Trinajstić information content (AvgIpc) is 3.13. The van der Waals surface area contributed by atoms with Crippen molar-refractivity contribution in [2.75, 3.05) is 18.4 Å². The smallest absolute Gasteiger partial charge is 0.243 e. The number of carbonyl (C=O) groups is 1. The van der Waals surface area contributed by atoms with E-state index in [2.05, 4.69) is 20.6 Å². The molecule has 0 saturated carbocycles. The van der Waals surface area contributed by atoms with Crippen molar-refractivity contribution in [1.29, 1.82) is 0 Å². The van der Waals surface area contributed by atoms with Gasteiger partial charge in [-0.05, 0) is 43.2 Å². The maximum Gasteiger partial charge on any atom is 0.243 e. The number of anilines is 1. The number of hydrogen-bond donors (Lipinski definition) is 1. The predicted molar refractivity (Wildman–Crippen MR) is 114 cm³/mol. The fourth-order valence-corrected chi connectivity index (χ4v) is 4.61. The van der Waals surface area contributed by atoms with E-state index in [1.54, 1.807) is 49.0 Å². The van der Waals surface area contributed by atoms with E-state index in [4.69, 9.17) is 0 Å². The van der Waals surface area contributed by atoms with Gasteiger partial charge in [-0.25, -0.2) is 18.1 Å². The van der Waals surface area contributed by atoms with Gasteiger partial charge in [-0.15, -0.1) is 5.10 Å². The molecule has 0 aliphatic carbocycles. The lowest BCUT2D eigenvalue weighted by molar-refractivity contribution is -0.116. The number of pyridine rings is 1. The zero-order chi connectivity index (χ0) is 21.7. The van der Waals surface area contributed by atoms with Crippen LogP contribution in [0, 0.1) is 6.92 Å². The third-order valence-corrected chi connectivity index (χ3v) is 6.83. The molecular weight excluding hydrogens is 404 g/mol. The van der Waals surface area contributed by atoms with Crippen molar-refractivity contribution in [1.82, 2.24) is 24.3 Å². The Balaban J connectivity index is 1.63. The van der Waals surface area contributed by atoms with Gasteiger partial charge in [0.1, 0.15) is 11.3 Å². The molecule has 160 valence electrons. The minimum Gasteiger partial charge on any atom is -0.311 e. The van der Waals surface area contributed by atoms with E-state index in [0.29, 0.717) is 43.8 Å². The van der Waals surface area contributed by atoms with Crippen molar-refractivity contribution in [2.24, 2.45) is 0 Å². The van der Waals surface area contributed by atoms with Crippen LogP contribution >= 0.6 is 0 Å². The Labute approximate surface area is 176 Å². The van der Waals surface area contributed by atoms with Gasteiger partial charge in [0.2, 0.25) is 15.9 Å². The highest BCUT2D eigenvalue weighted by Gasteiger charge is 2.22. The number of benzene rings is 1. The molecule has 0 saturated heterocycles. The van der Waals surface area contributed by atoms with Crippen LogP contribution in [0.3, 0.4) is 0 Å². The van der Waals surface area contributed by atoms with Gasteiger partial charge >= 0.3 is 0 Å². The van der Waals surface area contributed by atoms with Gasteiger partial charge < -0.3 is 5.32 Å².